The molecule has 0 spiro atoms. The minimum atomic E-state index is -0.878. The van der Waals surface area contributed by atoms with E-state index in [-0.39, 0.29) is 0 Å². The number of ether oxygens (including phenoxy) is 1. The lowest BCUT2D eigenvalue weighted by molar-refractivity contribution is 0.218. The van der Waals surface area contributed by atoms with Crippen LogP contribution in [0.15, 0.2) is 34.1 Å². The third-order valence-corrected chi connectivity index (χ3v) is 4.03. The molecule has 0 saturated heterocycles. The highest BCUT2D eigenvalue weighted by Gasteiger charge is 2.17. The van der Waals surface area contributed by atoms with Crippen molar-refractivity contribution in [2.75, 3.05) is 7.11 Å². The van der Waals surface area contributed by atoms with Crippen LogP contribution >= 0.6 is 27.3 Å². The Bertz CT molecular complexity index is 527. The molecule has 0 bridgehead atoms. The van der Waals surface area contributed by atoms with Gasteiger partial charge < -0.3 is 9.84 Å². The van der Waals surface area contributed by atoms with Crippen LogP contribution in [-0.4, -0.2) is 12.2 Å². The quantitative estimate of drug-likeness (QED) is 0.934. The van der Waals surface area contributed by atoms with Gasteiger partial charge in [0.2, 0.25) is 0 Å². The second kappa shape index (κ2) is 5.16. The van der Waals surface area contributed by atoms with Crippen molar-refractivity contribution in [3.8, 4) is 5.75 Å². The summed E-state index contributed by atoms with van der Waals surface area (Å²) in [6.45, 7) is 0. The van der Waals surface area contributed by atoms with Gasteiger partial charge in [-0.2, -0.15) is 0 Å². The zero-order valence-corrected chi connectivity index (χ0v) is 11.4. The summed E-state index contributed by atoms with van der Waals surface area (Å²) in [5.74, 6) is 0.0823. The van der Waals surface area contributed by atoms with E-state index in [4.69, 9.17) is 4.74 Å². The summed E-state index contributed by atoms with van der Waals surface area (Å²) in [7, 11) is 1.49. The maximum absolute atomic E-state index is 13.2. The number of aliphatic hydroxyl groups excluding tert-OH is 1. The molecule has 90 valence electrons. The summed E-state index contributed by atoms with van der Waals surface area (Å²) < 4.78 is 19.2. The number of aliphatic hydroxyl groups is 1. The van der Waals surface area contributed by atoms with Crippen molar-refractivity contribution in [1.29, 1.82) is 0 Å². The Morgan fingerprint density at radius 3 is 2.71 bits per heavy atom. The first kappa shape index (κ1) is 12.5. The molecule has 1 N–H and O–H groups in total. The number of halogens is 2. The molecule has 1 aromatic carbocycles. The molecule has 0 radical (unpaired) electrons. The smallest absolute Gasteiger partial charge is 0.125 e. The first-order chi connectivity index (χ1) is 8.11. The predicted molar refractivity (Wildman–Crippen MR) is 69.0 cm³/mol. The number of thiophene rings is 1. The van der Waals surface area contributed by atoms with Gasteiger partial charge in [0, 0.05) is 10.4 Å². The second-order valence-electron chi connectivity index (χ2n) is 3.43. The van der Waals surface area contributed by atoms with Crippen LogP contribution in [0.5, 0.6) is 5.75 Å². The van der Waals surface area contributed by atoms with Crippen molar-refractivity contribution >= 4 is 27.3 Å². The summed E-state index contributed by atoms with van der Waals surface area (Å²) >= 11 is 4.73. The maximum Gasteiger partial charge on any atom is 0.125 e. The van der Waals surface area contributed by atoms with Gasteiger partial charge in [-0.05, 0) is 46.3 Å². The van der Waals surface area contributed by atoms with Gasteiger partial charge in [0.1, 0.15) is 17.7 Å². The van der Waals surface area contributed by atoms with Crippen LogP contribution in [0, 0.1) is 5.82 Å². The number of hydrogen-bond acceptors (Lipinski definition) is 3. The molecule has 0 aliphatic carbocycles. The van der Waals surface area contributed by atoms with Gasteiger partial charge in [-0.25, -0.2) is 4.39 Å². The van der Waals surface area contributed by atoms with Gasteiger partial charge in [0.15, 0.2) is 0 Å². The summed E-state index contributed by atoms with van der Waals surface area (Å²) in [4.78, 5) is 0.737. The molecule has 0 aliphatic rings. The third kappa shape index (κ3) is 2.68. The summed E-state index contributed by atoms with van der Waals surface area (Å²) in [5.41, 5.74) is 0.432. The highest BCUT2D eigenvalue weighted by atomic mass is 79.9. The van der Waals surface area contributed by atoms with Gasteiger partial charge >= 0.3 is 0 Å². The molecule has 0 saturated carbocycles. The van der Waals surface area contributed by atoms with E-state index in [1.807, 2.05) is 6.07 Å². The SMILES string of the molecule is COc1ccc(F)cc1C(O)c1ccc(Br)s1. The fourth-order valence-corrected chi connectivity index (χ4v) is 2.98. The molecule has 2 nitrogen and oxygen atoms in total. The minimum absolute atomic E-state index is 0.393. The van der Waals surface area contributed by atoms with Gasteiger partial charge in [0.25, 0.3) is 0 Å². The summed E-state index contributed by atoms with van der Waals surface area (Å²) in [6.07, 6.45) is -0.878. The first-order valence-corrected chi connectivity index (χ1v) is 6.49. The van der Waals surface area contributed by atoms with E-state index < -0.39 is 11.9 Å². The maximum atomic E-state index is 13.2. The van der Waals surface area contributed by atoms with E-state index in [1.165, 1.54) is 36.6 Å². The Kier molecular flexibility index (Phi) is 3.81. The molecular weight excluding hydrogens is 307 g/mol. The topological polar surface area (TPSA) is 29.5 Å². The zero-order valence-electron chi connectivity index (χ0n) is 8.98. The van der Waals surface area contributed by atoms with E-state index in [2.05, 4.69) is 15.9 Å². The van der Waals surface area contributed by atoms with Crippen molar-refractivity contribution in [3.63, 3.8) is 0 Å². The van der Waals surface area contributed by atoms with Crippen LogP contribution in [0.1, 0.15) is 16.5 Å². The van der Waals surface area contributed by atoms with Crippen molar-refractivity contribution in [1.82, 2.24) is 0 Å². The van der Waals surface area contributed by atoms with E-state index in [1.54, 1.807) is 6.07 Å². The molecule has 17 heavy (non-hydrogen) atoms. The largest absolute Gasteiger partial charge is 0.496 e. The van der Waals surface area contributed by atoms with Crippen LogP contribution in [0.4, 0.5) is 4.39 Å². The van der Waals surface area contributed by atoms with E-state index in [9.17, 15) is 9.50 Å². The van der Waals surface area contributed by atoms with Crippen LogP contribution in [0.25, 0.3) is 0 Å². The number of rotatable bonds is 3. The van der Waals surface area contributed by atoms with Crippen LogP contribution in [0.2, 0.25) is 0 Å². The van der Waals surface area contributed by atoms with Crippen molar-refractivity contribution in [3.05, 3.63) is 50.4 Å². The van der Waals surface area contributed by atoms with Crippen LogP contribution < -0.4 is 4.74 Å². The highest BCUT2D eigenvalue weighted by Crippen LogP contribution is 2.35. The van der Waals surface area contributed by atoms with Crippen molar-refractivity contribution < 1.29 is 14.2 Å². The summed E-state index contributed by atoms with van der Waals surface area (Å²) in [5, 5.41) is 10.2. The Labute approximate surface area is 111 Å². The average Bonchev–Trinajstić information content (AvgIpc) is 2.75. The van der Waals surface area contributed by atoms with Gasteiger partial charge in [-0.1, -0.05) is 0 Å². The normalized spacial score (nSPS) is 12.5. The average molecular weight is 317 g/mol. The lowest BCUT2D eigenvalue weighted by Gasteiger charge is -2.13. The van der Waals surface area contributed by atoms with Gasteiger partial charge in [-0.3, -0.25) is 0 Å². The molecular formula is C12H10BrFO2S. The fraction of sp³-hybridized carbons (Fsp3) is 0.167. The Hall–Kier alpha value is -0.910. The molecule has 1 heterocycles. The highest BCUT2D eigenvalue weighted by molar-refractivity contribution is 9.11. The number of benzene rings is 1. The second-order valence-corrected chi connectivity index (χ2v) is 5.93. The molecule has 2 rings (SSSR count). The molecule has 1 aromatic heterocycles. The standard InChI is InChI=1S/C12H10BrFO2S/c1-16-9-3-2-7(14)6-8(9)12(15)10-4-5-11(13)17-10/h2-6,12,15H,1H3. The molecule has 2 aromatic rings. The van der Waals surface area contributed by atoms with Crippen LogP contribution in [-0.2, 0) is 0 Å². The fourth-order valence-electron chi connectivity index (χ4n) is 1.55. The monoisotopic (exact) mass is 316 g/mol. The minimum Gasteiger partial charge on any atom is -0.496 e. The van der Waals surface area contributed by atoms with Gasteiger partial charge in [0.05, 0.1) is 10.9 Å². The predicted octanol–water partition coefficient (Wildman–Crippen LogP) is 3.74. The molecule has 1 atom stereocenters. The Balaban J connectivity index is 2.42. The first-order valence-electron chi connectivity index (χ1n) is 4.88. The van der Waals surface area contributed by atoms with Gasteiger partial charge in [-0.15, -0.1) is 11.3 Å². The van der Waals surface area contributed by atoms with Crippen molar-refractivity contribution in [2.45, 2.75) is 6.10 Å². The Morgan fingerprint density at radius 1 is 1.35 bits per heavy atom. The summed E-state index contributed by atoms with van der Waals surface area (Å²) in [6, 6.07) is 7.74. The van der Waals surface area contributed by atoms with Crippen LogP contribution in [0.3, 0.4) is 0 Å². The van der Waals surface area contributed by atoms with E-state index in [0.717, 1.165) is 8.66 Å². The lowest BCUT2D eigenvalue weighted by Crippen LogP contribution is -2.01. The third-order valence-electron chi connectivity index (χ3n) is 2.35. The van der Waals surface area contributed by atoms with E-state index >= 15 is 0 Å². The Morgan fingerprint density at radius 2 is 2.12 bits per heavy atom. The number of methoxy groups -OCH3 is 1. The zero-order chi connectivity index (χ0) is 12.4. The molecule has 0 amide bonds. The molecule has 1 unspecified atom stereocenters. The van der Waals surface area contributed by atoms with Crippen molar-refractivity contribution in [2.24, 2.45) is 0 Å². The number of hydrogen-bond donors (Lipinski definition) is 1. The lowest BCUT2D eigenvalue weighted by atomic mass is 10.1. The molecule has 0 fully saturated rings. The van der Waals surface area contributed by atoms with E-state index in [0.29, 0.717) is 11.3 Å². The molecule has 5 heteroatoms. The molecule has 0 aliphatic heterocycles.